The third-order valence-electron chi connectivity index (χ3n) is 4.18. The van der Waals surface area contributed by atoms with Gasteiger partial charge in [-0.25, -0.2) is 5.01 Å². The quantitative estimate of drug-likeness (QED) is 0.367. The molecule has 0 radical (unpaired) electrons. The smallest absolute Gasteiger partial charge is 0.282 e. The van der Waals surface area contributed by atoms with Crippen molar-refractivity contribution in [3.8, 4) is 11.5 Å². The number of carbonyl (C=O) groups excluding carboxylic acids is 2. The molecule has 9 nitrogen and oxygen atoms in total. The minimum absolute atomic E-state index is 0.0484. The molecule has 3 rings (SSSR count). The van der Waals surface area contributed by atoms with Gasteiger partial charge in [0.1, 0.15) is 5.57 Å². The zero-order valence-electron chi connectivity index (χ0n) is 15.4. The van der Waals surface area contributed by atoms with E-state index in [0.29, 0.717) is 5.69 Å². The first kappa shape index (κ1) is 18.9. The van der Waals surface area contributed by atoms with Crippen molar-refractivity contribution in [1.29, 1.82) is 0 Å². The van der Waals surface area contributed by atoms with E-state index in [9.17, 15) is 19.7 Å². The summed E-state index contributed by atoms with van der Waals surface area (Å²) in [7, 11) is 2.74. The Labute approximate surface area is 160 Å². The number of aryl methyl sites for hydroxylation is 1. The highest BCUT2D eigenvalue weighted by atomic mass is 16.6. The molecule has 1 N–H and O–H groups in total. The molecule has 1 heterocycles. The molecule has 1 saturated heterocycles. The molecule has 1 aliphatic heterocycles. The minimum Gasteiger partial charge on any atom is -0.493 e. The molecule has 1 fully saturated rings. The van der Waals surface area contributed by atoms with E-state index in [-0.39, 0.29) is 28.3 Å². The molecular formula is C19H17N3O6. The average molecular weight is 383 g/mol. The fraction of sp³-hybridized carbons (Fsp3) is 0.158. The number of anilines is 1. The summed E-state index contributed by atoms with van der Waals surface area (Å²) in [6.45, 7) is 1.86. The number of nitrogens with zero attached hydrogens (tertiary/aromatic N) is 2. The van der Waals surface area contributed by atoms with Crippen LogP contribution in [-0.2, 0) is 9.59 Å². The zero-order chi connectivity index (χ0) is 20.4. The van der Waals surface area contributed by atoms with Gasteiger partial charge in [-0.15, -0.1) is 0 Å². The number of amides is 2. The van der Waals surface area contributed by atoms with Gasteiger partial charge in [0.25, 0.3) is 17.5 Å². The highest BCUT2D eigenvalue weighted by molar-refractivity contribution is 6.31. The van der Waals surface area contributed by atoms with Crippen molar-refractivity contribution in [3.63, 3.8) is 0 Å². The molecule has 0 aliphatic carbocycles. The molecule has 2 aromatic carbocycles. The van der Waals surface area contributed by atoms with E-state index < -0.39 is 16.7 Å². The summed E-state index contributed by atoms with van der Waals surface area (Å²) in [5.74, 6) is -0.864. The molecular weight excluding hydrogens is 366 g/mol. The molecule has 144 valence electrons. The van der Waals surface area contributed by atoms with Crippen LogP contribution in [0, 0.1) is 17.0 Å². The van der Waals surface area contributed by atoms with Crippen LogP contribution in [0.1, 0.15) is 11.1 Å². The van der Waals surface area contributed by atoms with E-state index in [4.69, 9.17) is 9.47 Å². The maximum Gasteiger partial charge on any atom is 0.282 e. The second kappa shape index (κ2) is 7.39. The lowest BCUT2D eigenvalue weighted by atomic mass is 10.1. The van der Waals surface area contributed by atoms with Gasteiger partial charge in [-0.1, -0.05) is 12.1 Å². The van der Waals surface area contributed by atoms with Crippen LogP contribution in [-0.4, -0.2) is 31.0 Å². The monoisotopic (exact) mass is 383 g/mol. The number of nitro benzene ring substituents is 1. The lowest BCUT2D eigenvalue weighted by Gasteiger charge is -2.14. The number of benzene rings is 2. The van der Waals surface area contributed by atoms with Crippen LogP contribution in [0.5, 0.6) is 11.5 Å². The Kier molecular flexibility index (Phi) is 4.99. The number of rotatable bonds is 5. The van der Waals surface area contributed by atoms with E-state index in [0.717, 1.165) is 10.6 Å². The van der Waals surface area contributed by atoms with Crippen molar-refractivity contribution >= 4 is 29.3 Å². The molecule has 0 saturated carbocycles. The molecule has 0 bridgehead atoms. The van der Waals surface area contributed by atoms with E-state index in [1.54, 1.807) is 18.2 Å². The molecule has 28 heavy (non-hydrogen) atoms. The Morgan fingerprint density at radius 2 is 1.79 bits per heavy atom. The number of ether oxygens (including phenoxy) is 2. The maximum atomic E-state index is 12.7. The lowest BCUT2D eigenvalue weighted by molar-refractivity contribution is -0.385. The Hall–Kier alpha value is -3.88. The molecule has 2 aromatic rings. The predicted molar refractivity (Wildman–Crippen MR) is 101 cm³/mol. The van der Waals surface area contributed by atoms with Crippen LogP contribution < -0.4 is 19.9 Å². The molecule has 0 unspecified atom stereocenters. The summed E-state index contributed by atoms with van der Waals surface area (Å²) in [5, 5.41) is 12.5. The summed E-state index contributed by atoms with van der Waals surface area (Å²) >= 11 is 0. The van der Waals surface area contributed by atoms with Gasteiger partial charge in [0, 0.05) is 0 Å². The third-order valence-corrected chi connectivity index (χ3v) is 4.18. The van der Waals surface area contributed by atoms with Gasteiger partial charge in [-0.05, 0) is 36.8 Å². The number of carbonyl (C=O) groups is 2. The van der Waals surface area contributed by atoms with E-state index in [2.05, 4.69) is 5.43 Å². The Balaban J connectivity index is 2.07. The number of hydrogen-bond donors (Lipinski definition) is 1. The predicted octanol–water partition coefficient (Wildman–Crippen LogP) is 2.38. The van der Waals surface area contributed by atoms with Crippen LogP contribution in [0.2, 0.25) is 0 Å². The Morgan fingerprint density at radius 3 is 2.39 bits per heavy atom. The van der Waals surface area contributed by atoms with Crippen LogP contribution in [0.4, 0.5) is 11.4 Å². The fourth-order valence-electron chi connectivity index (χ4n) is 2.82. The van der Waals surface area contributed by atoms with Crippen molar-refractivity contribution in [2.75, 3.05) is 19.2 Å². The van der Waals surface area contributed by atoms with Crippen LogP contribution in [0.25, 0.3) is 6.08 Å². The molecule has 0 atom stereocenters. The number of methoxy groups -OCH3 is 2. The largest absolute Gasteiger partial charge is 0.493 e. The zero-order valence-corrected chi connectivity index (χ0v) is 15.4. The van der Waals surface area contributed by atoms with E-state index in [1.165, 1.54) is 32.4 Å². The summed E-state index contributed by atoms with van der Waals surface area (Å²) < 4.78 is 10.2. The summed E-state index contributed by atoms with van der Waals surface area (Å²) in [4.78, 5) is 35.9. The van der Waals surface area contributed by atoms with Gasteiger partial charge in [-0.2, -0.15) is 0 Å². The normalized spacial score (nSPS) is 15.0. The minimum atomic E-state index is -0.657. The van der Waals surface area contributed by atoms with Crippen molar-refractivity contribution in [1.82, 2.24) is 5.43 Å². The van der Waals surface area contributed by atoms with E-state index >= 15 is 0 Å². The first-order valence-corrected chi connectivity index (χ1v) is 8.20. The summed E-state index contributed by atoms with van der Waals surface area (Å²) in [6, 6.07) is 9.55. The third kappa shape index (κ3) is 3.37. The highest BCUT2D eigenvalue weighted by Crippen LogP contribution is 2.36. The highest BCUT2D eigenvalue weighted by Gasteiger charge is 2.35. The molecule has 0 aromatic heterocycles. The van der Waals surface area contributed by atoms with Crippen LogP contribution in [0.15, 0.2) is 42.0 Å². The standard InChI is InChI=1S/C19H17N3O6/c1-11-5-4-6-13(7-11)21-19(24)14(18(23)20-21)8-12-9-16(27-2)17(28-3)10-15(12)22(25)26/h4-10H,1-3H3,(H,20,23). The van der Waals surface area contributed by atoms with Crippen molar-refractivity contribution in [2.24, 2.45) is 0 Å². The SMILES string of the molecule is COc1cc(C=C2C(=O)NN(c3cccc(C)c3)C2=O)c([N+](=O)[O-])cc1OC. The van der Waals surface area contributed by atoms with E-state index in [1.807, 2.05) is 13.0 Å². The number of hydrazine groups is 1. The second-order valence-corrected chi connectivity index (χ2v) is 6.00. The average Bonchev–Trinajstić information content (AvgIpc) is 2.95. The van der Waals surface area contributed by atoms with Crippen molar-refractivity contribution in [3.05, 3.63) is 63.2 Å². The second-order valence-electron chi connectivity index (χ2n) is 6.00. The number of nitrogens with one attached hydrogen (secondary N) is 1. The van der Waals surface area contributed by atoms with Gasteiger partial charge >= 0.3 is 0 Å². The summed E-state index contributed by atoms with van der Waals surface area (Å²) in [5.41, 5.74) is 3.37. The molecule has 0 spiro atoms. The van der Waals surface area contributed by atoms with Gasteiger partial charge < -0.3 is 9.47 Å². The van der Waals surface area contributed by atoms with Gasteiger partial charge in [-0.3, -0.25) is 25.1 Å². The van der Waals surface area contributed by atoms with Crippen molar-refractivity contribution in [2.45, 2.75) is 6.92 Å². The fourth-order valence-corrected chi connectivity index (χ4v) is 2.82. The lowest BCUT2D eigenvalue weighted by Crippen LogP contribution is -2.35. The molecule has 9 heteroatoms. The number of hydrogen-bond acceptors (Lipinski definition) is 6. The van der Waals surface area contributed by atoms with Crippen LogP contribution in [0.3, 0.4) is 0 Å². The Bertz CT molecular complexity index is 1010. The Morgan fingerprint density at radius 1 is 1.11 bits per heavy atom. The first-order chi connectivity index (χ1) is 13.3. The summed E-state index contributed by atoms with van der Waals surface area (Å²) in [6.07, 6.45) is 1.17. The van der Waals surface area contributed by atoms with Gasteiger partial charge in [0.05, 0.1) is 36.5 Å². The topological polar surface area (TPSA) is 111 Å². The molecule has 2 amide bonds. The van der Waals surface area contributed by atoms with Gasteiger partial charge in [0.15, 0.2) is 11.5 Å². The first-order valence-electron chi connectivity index (χ1n) is 8.20. The van der Waals surface area contributed by atoms with Gasteiger partial charge in [0.2, 0.25) is 0 Å². The maximum absolute atomic E-state index is 12.7. The molecule has 1 aliphatic rings. The number of nitro groups is 1. The van der Waals surface area contributed by atoms with Crippen LogP contribution >= 0.6 is 0 Å². The van der Waals surface area contributed by atoms with Crippen molar-refractivity contribution < 1.29 is 24.0 Å².